The molecule has 0 unspecified atom stereocenters. The third kappa shape index (κ3) is 4.50. The van der Waals surface area contributed by atoms with E-state index >= 15 is 0 Å². The Bertz CT molecular complexity index is 1010. The van der Waals surface area contributed by atoms with Crippen LogP contribution in [0.3, 0.4) is 0 Å². The van der Waals surface area contributed by atoms with E-state index in [9.17, 15) is 4.79 Å². The Morgan fingerprint density at radius 2 is 1.86 bits per heavy atom. The molecule has 0 radical (unpaired) electrons. The van der Waals surface area contributed by atoms with Crippen LogP contribution in [0, 0.1) is 17.2 Å². The Labute approximate surface area is 166 Å². The number of fused-ring (bicyclic) bond motifs is 1. The highest BCUT2D eigenvalue weighted by Gasteiger charge is 2.17. The molecule has 0 bridgehead atoms. The standard InChI is InChI=1S/C24H25N3O/c1-18(2)24(19-9-4-3-5-10-19)26-23(28)14-13-20-17-27(16-8-15-25)22-12-7-6-11-21(20)22/h3-7,9-14,17-18,24H,8,16H2,1-2H3,(H,26,28)/b14-13+/t24-/m0/s1. The van der Waals surface area contributed by atoms with Crippen LogP contribution in [-0.2, 0) is 11.3 Å². The van der Waals surface area contributed by atoms with E-state index < -0.39 is 0 Å². The smallest absolute Gasteiger partial charge is 0.244 e. The van der Waals surface area contributed by atoms with Gasteiger partial charge < -0.3 is 9.88 Å². The van der Waals surface area contributed by atoms with Crippen LogP contribution in [0.5, 0.6) is 0 Å². The quantitative estimate of drug-likeness (QED) is 0.589. The molecule has 1 N–H and O–H groups in total. The van der Waals surface area contributed by atoms with Crippen LogP contribution in [0.15, 0.2) is 66.9 Å². The van der Waals surface area contributed by atoms with Crippen molar-refractivity contribution in [2.75, 3.05) is 0 Å². The molecular weight excluding hydrogens is 346 g/mol. The molecule has 0 aliphatic heterocycles. The highest BCUT2D eigenvalue weighted by Crippen LogP contribution is 2.24. The largest absolute Gasteiger partial charge is 0.346 e. The average molecular weight is 371 g/mol. The average Bonchev–Trinajstić information content (AvgIpc) is 3.07. The summed E-state index contributed by atoms with van der Waals surface area (Å²) in [5.41, 5.74) is 3.15. The molecule has 0 saturated heterocycles. The SMILES string of the molecule is CC(C)[C@H](NC(=O)/C=C/c1cn(CCC#N)c2ccccc12)c1ccccc1. The molecule has 1 atom stereocenters. The van der Waals surface area contributed by atoms with E-state index in [2.05, 4.69) is 29.8 Å². The third-order valence-corrected chi connectivity index (χ3v) is 4.82. The molecule has 1 aromatic heterocycles. The van der Waals surface area contributed by atoms with Crippen LogP contribution < -0.4 is 5.32 Å². The zero-order valence-corrected chi connectivity index (χ0v) is 16.3. The van der Waals surface area contributed by atoms with Gasteiger partial charge in [-0.3, -0.25) is 4.79 Å². The Hall–Kier alpha value is -3.32. The number of carbonyl (C=O) groups is 1. The van der Waals surface area contributed by atoms with Gasteiger partial charge in [0.05, 0.1) is 18.5 Å². The van der Waals surface area contributed by atoms with Crippen LogP contribution in [-0.4, -0.2) is 10.5 Å². The van der Waals surface area contributed by atoms with Crippen molar-refractivity contribution in [3.05, 3.63) is 78.0 Å². The summed E-state index contributed by atoms with van der Waals surface area (Å²) in [5, 5.41) is 13.1. The molecule has 2 aromatic carbocycles. The minimum absolute atomic E-state index is 0.0321. The van der Waals surface area contributed by atoms with Crippen molar-refractivity contribution in [2.24, 2.45) is 5.92 Å². The van der Waals surface area contributed by atoms with E-state index in [4.69, 9.17) is 5.26 Å². The van der Waals surface area contributed by atoms with Gasteiger partial charge in [0.2, 0.25) is 5.91 Å². The predicted molar refractivity (Wildman–Crippen MR) is 113 cm³/mol. The van der Waals surface area contributed by atoms with Crippen LogP contribution in [0.25, 0.3) is 17.0 Å². The molecule has 4 nitrogen and oxygen atoms in total. The second-order valence-corrected chi connectivity index (χ2v) is 7.18. The Morgan fingerprint density at radius 1 is 1.14 bits per heavy atom. The molecule has 4 heteroatoms. The summed E-state index contributed by atoms with van der Waals surface area (Å²) in [7, 11) is 0. The predicted octanol–water partition coefficient (Wildman–Crippen LogP) is 5.08. The molecule has 3 aromatic rings. The van der Waals surface area contributed by atoms with Gasteiger partial charge in [0.1, 0.15) is 0 Å². The number of amides is 1. The van der Waals surface area contributed by atoms with Crippen molar-refractivity contribution in [3.8, 4) is 6.07 Å². The Balaban J connectivity index is 1.79. The molecular formula is C24H25N3O. The van der Waals surface area contributed by atoms with Gasteiger partial charge in [0.25, 0.3) is 0 Å². The van der Waals surface area contributed by atoms with Crippen LogP contribution in [0.4, 0.5) is 0 Å². The fraction of sp³-hybridized carbons (Fsp3) is 0.250. The molecule has 3 rings (SSSR count). The van der Waals surface area contributed by atoms with E-state index in [0.29, 0.717) is 13.0 Å². The van der Waals surface area contributed by atoms with Crippen molar-refractivity contribution >= 4 is 22.9 Å². The number of nitriles is 1. The van der Waals surface area contributed by atoms with Gasteiger partial charge in [-0.05, 0) is 23.6 Å². The first-order chi connectivity index (χ1) is 13.6. The molecule has 0 aliphatic rings. The lowest BCUT2D eigenvalue weighted by Gasteiger charge is -2.22. The maximum Gasteiger partial charge on any atom is 0.244 e. The number of para-hydroxylation sites is 1. The molecule has 0 aliphatic carbocycles. The maximum absolute atomic E-state index is 12.6. The number of rotatable bonds is 7. The second-order valence-electron chi connectivity index (χ2n) is 7.18. The van der Waals surface area contributed by atoms with Gasteiger partial charge in [-0.2, -0.15) is 5.26 Å². The minimum Gasteiger partial charge on any atom is -0.346 e. The Morgan fingerprint density at radius 3 is 2.57 bits per heavy atom. The van der Waals surface area contributed by atoms with Gasteiger partial charge in [-0.1, -0.05) is 62.4 Å². The fourth-order valence-electron chi connectivity index (χ4n) is 3.43. The van der Waals surface area contributed by atoms with Gasteiger partial charge >= 0.3 is 0 Å². The maximum atomic E-state index is 12.6. The van der Waals surface area contributed by atoms with Crippen LogP contribution in [0.1, 0.15) is 37.4 Å². The number of aryl methyl sites for hydroxylation is 1. The van der Waals surface area contributed by atoms with Crippen molar-refractivity contribution in [1.82, 2.24) is 9.88 Å². The fourth-order valence-corrected chi connectivity index (χ4v) is 3.43. The normalized spacial score (nSPS) is 12.4. The van der Waals surface area contributed by atoms with E-state index in [1.807, 2.05) is 66.9 Å². The number of benzene rings is 2. The van der Waals surface area contributed by atoms with Crippen molar-refractivity contribution in [2.45, 2.75) is 32.9 Å². The van der Waals surface area contributed by atoms with Crippen molar-refractivity contribution < 1.29 is 4.79 Å². The lowest BCUT2D eigenvalue weighted by Crippen LogP contribution is -2.30. The molecule has 0 saturated carbocycles. The summed E-state index contributed by atoms with van der Waals surface area (Å²) in [4.78, 5) is 12.6. The first kappa shape index (κ1) is 19.4. The number of aromatic nitrogens is 1. The van der Waals surface area contributed by atoms with E-state index in [1.54, 1.807) is 6.08 Å². The van der Waals surface area contributed by atoms with Gasteiger partial charge in [0.15, 0.2) is 0 Å². The number of nitrogens with zero attached hydrogens (tertiary/aromatic N) is 2. The number of carbonyl (C=O) groups excluding carboxylic acids is 1. The first-order valence-corrected chi connectivity index (χ1v) is 9.58. The topological polar surface area (TPSA) is 57.8 Å². The zero-order chi connectivity index (χ0) is 19.9. The van der Waals surface area contributed by atoms with Crippen LogP contribution in [0.2, 0.25) is 0 Å². The summed E-state index contributed by atoms with van der Waals surface area (Å²) in [6.07, 6.45) is 5.90. The van der Waals surface area contributed by atoms with E-state index in [1.165, 1.54) is 0 Å². The lowest BCUT2D eigenvalue weighted by atomic mass is 9.96. The molecule has 142 valence electrons. The molecule has 1 heterocycles. The Kier molecular flexibility index (Phi) is 6.29. The van der Waals surface area contributed by atoms with Crippen molar-refractivity contribution in [3.63, 3.8) is 0 Å². The van der Waals surface area contributed by atoms with Crippen LogP contribution >= 0.6 is 0 Å². The summed E-state index contributed by atoms with van der Waals surface area (Å²) in [6, 6.07) is 20.2. The first-order valence-electron chi connectivity index (χ1n) is 9.58. The summed E-state index contributed by atoms with van der Waals surface area (Å²) < 4.78 is 2.07. The van der Waals surface area contributed by atoms with E-state index in [0.717, 1.165) is 22.0 Å². The number of hydrogen-bond donors (Lipinski definition) is 1. The molecule has 1 amide bonds. The number of hydrogen-bond acceptors (Lipinski definition) is 2. The summed E-state index contributed by atoms with van der Waals surface area (Å²) in [5.74, 6) is 0.170. The molecule has 0 spiro atoms. The van der Waals surface area contributed by atoms with Gasteiger partial charge in [-0.25, -0.2) is 0 Å². The van der Waals surface area contributed by atoms with Crippen molar-refractivity contribution in [1.29, 1.82) is 5.26 Å². The highest BCUT2D eigenvalue weighted by atomic mass is 16.1. The molecule has 28 heavy (non-hydrogen) atoms. The highest BCUT2D eigenvalue weighted by molar-refractivity contribution is 5.96. The van der Waals surface area contributed by atoms with Gasteiger partial charge in [-0.15, -0.1) is 0 Å². The zero-order valence-electron chi connectivity index (χ0n) is 16.3. The number of nitrogens with one attached hydrogen (secondary N) is 1. The second kappa shape index (κ2) is 9.05. The summed E-state index contributed by atoms with van der Waals surface area (Å²) in [6.45, 7) is 4.84. The van der Waals surface area contributed by atoms with E-state index in [-0.39, 0.29) is 17.9 Å². The van der Waals surface area contributed by atoms with Gasteiger partial charge in [0, 0.05) is 35.3 Å². The monoisotopic (exact) mass is 371 g/mol. The minimum atomic E-state index is -0.114. The lowest BCUT2D eigenvalue weighted by molar-refractivity contribution is -0.117. The third-order valence-electron chi connectivity index (χ3n) is 4.82. The molecule has 0 fully saturated rings. The summed E-state index contributed by atoms with van der Waals surface area (Å²) >= 11 is 0.